The van der Waals surface area contributed by atoms with Gasteiger partial charge in [-0.25, -0.2) is 13.8 Å². The number of rotatable bonds is 5. The van der Waals surface area contributed by atoms with Crippen molar-refractivity contribution in [1.82, 2.24) is 14.9 Å². The van der Waals surface area contributed by atoms with Gasteiger partial charge in [-0.2, -0.15) is 5.26 Å². The zero-order valence-corrected chi connectivity index (χ0v) is 15.8. The Morgan fingerprint density at radius 1 is 1.25 bits per heavy atom. The van der Waals surface area contributed by atoms with Crippen LogP contribution in [0.1, 0.15) is 37.9 Å². The molecular weight excluding hydrogens is 362 g/mol. The Hall–Kier alpha value is -3.27. The SMILES string of the molecule is C[C@H](NC(=O)Cn1cnc2ccc(F)c(F)c21)c1ccc(C(C)(C)C#N)cc1. The van der Waals surface area contributed by atoms with Crippen molar-refractivity contribution >= 4 is 16.9 Å². The summed E-state index contributed by atoms with van der Waals surface area (Å²) in [4.78, 5) is 16.4. The van der Waals surface area contributed by atoms with Gasteiger partial charge in [-0.3, -0.25) is 4.79 Å². The van der Waals surface area contributed by atoms with Crippen molar-refractivity contribution in [3.63, 3.8) is 0 Å². The Bertz CT molecular complexity index is 1060. The van der Waals surface area contributed by atoms with E-state index in [2.05, 4.69) is 16.4 Å². The van der Waals surface area contributed by atoms with Gasteiger partial charge in [-0.15, -0.1) is 0 Å². The van der Waals surface area contributed by atoms with E-state index in [1.807, 2.05) is 45.0 Å². The highest BCUT2D eigenvalue weighted by atomic mass is 19.2. The second-order valence-corrected chi connectivity index (χ2v) is 7.25. The van der Waals surface area contributed by atoms with Crippen molar-refractivity contribution < 1.29 is 13.6 Å². The topological polar surface area (TPSA) is 70.7 Å². The van der Waals surface area contributed by atoms with E-state index in [9.17, 15) is 18.8 Å². The van der Waals surface area contributed by atoms with E-state index < -0.39 is 17.0 Å². The molecule has 2 aromatic carbocycles. The summed E-state index contributed by atoms with van der Waals surface area (Å²) in [5.41, 5.74) is 1.42. The van der Waals surface area contributed by atoms with Crippen LogP contribution in [0.25, 0.3) is 11.0 Å². The summed E-state index contributed by atoms with van der Waals surface area (Å²) in [5, 5.41) is 12.1. The Balaban J connectivity index is 1.72. The fourth-order valence-corrected chi connectivity index (χ4v) is 2.99. The van der Waals surface area contributed by atoms with E-state index in [1.54, 1.807) is 0 Å². The highest BCUT2D eigenvalue weighted by Crippen LogP contribution is 2.24. The van der Waals surface area contributed by atoms with Crippen LogP contribution in [0, 0.1) is 23.0 Å². The van der Waals surface area contributed by atoms with Crippen LogP contribution in [0.5, 0.6) is 0 Å². The molecular formula is C21H20F2N4O. The first-order valence-electron chi connectivity index (χ1n) is 8.83. The molecule has 3 rings (SSSR count). The van der Waals surface area contributed by atoms with Gasteiger partial charge in [0, 0.05) is 0 Å². The highest BCUT2D eigenvalue weighted by Gasteiger charge is 2.20. The number of carbonyl (C=O) groups excluding carboxylic acids is 1. The lowest BCUT2D eigenvalue weighted by molar-refractivity contribution is -0.122. The van der Waals surface area contributed by atoms with Crippen LogP contribution in [-0.4, -0.2) is 15.5 Å². The lowest BCUT2D eigenvalue weighted by Crippen LogP contribution is -2.30. The molecule has 144 valence electrons. The number of hydrogen-bond donors (Lipinski definition) is 1. The van der Waals surface area contributed by atoms with Crippen LogP contribution in [0.3, 0.4) is 0 Å². The van der Waals surface area contributed by atoms with Crippen molar-refractivity contribution in [2.75, 3.05) is 0 Å². The molecule has 1 aromatic heterocycles. The first-order valence-corrected chi connectivity index (χ1v) is 8.83. The summed E-state index contributed by atoms with van der Waals surface area (Å²) in [6.45, 7) is 5.32. The molecule has 0 unspecified atom stereocenters. The summed E-state index contributed by atoms with van der Waals surface area (Å²) in [5.74, 6) is -2.35. The van der Waals surface area contributed by atoms with E-state index in [1.165, 1.54) is 17.0 Å². The highest BCUT2D eigenvalue weighted by molar-refractivity contribution is 5.81. The molecule has 28 heavy (non-hydrogen) atoms. The van der Waals surface area contributed by atoms with Crippen molar-refractivity contribution in [1.29, 1.82) is 5.26 Å². The molecule has 1 amide bonds. The monoisotopic (exact) mass is 382 g/mol. The molecule has 0 radical (unpaired) electrons. The van der Waals surface area contributed by atoms with Gasteiger partial charge in [-0.05, 0) is 44.0 Å². The van der Waals surface area contributed by atoms with E-state index in [-0.39, 0.29) is 29.5 Å². The average Bonchev–Trinajstić information content (AvgIpc) is 3.08. The largest absolute Gasteiger partial charge is 0.348 e. The van der Waals surface area contributed by atoms with E-state index >= 15 is 0 Å². The van der Waals surface area contributed by atoms with Gasteiger partial charge >= 0.3 is 0 Å². The lowest BCUT2D eigenvalue weighted by atomic mass is 9.85. The number of nitrogens with zero attached hydrogens (tertiary/aromatic N) is 3. The maximum atomic E-state index is 14.0. The molecule has 0 saturated carbocycles. The predicted octanol–water partition coefficient (Wildman–Crippen LogP) is 3.99. The zero-order valence-electron chi connectivity index (χ0n) is 15.8. The fourth-order valence-electron chi connectivity index (χ4n) is 2.99. The number of hydrogen-bond acceptors (Lipinski definition) is 3. The maximum absolute atomic E-state index is 14.0. The Labute approximate surface area is 161 Å². The van der Waals surface area contributed by atoms with Gasteiger partial charge in [0.25, 0.3) is 0 Å². The zero-order chi connectivity index (χ0) is 20.5. The number of benzene rings is 2. The molecule has 0 bridgehead atoms. The number of nitrogens with one attached hydrogen (secondary N) is 1. The average molecular weight is 382 g/mol. The van der Waals surface area contributed by atoms with Crippen molar-refractivity contribution in [3.8, 4) is 6.07 Å². The molecule has 0 spiro atoms. The maximum Gasteiger partial charge on any atom is 0.240 e. The molecule has 0 fully saturated rings. The van der Waals surface area contributed by atoms with Crippen LogP contribution in [0.2, 0.25) is 0 Å². The third-order valence-electron chi connectivity index (χ3n) is 4.77. The molecule has 0 aliphatic rings. The quantitative estimate of drug-likeness (QED) is 0.725. The standard InChI is InChI=1S/C21H20F2N4O/c1-13(14-4-6-15(7-5-14)21(2,3)11-24)26-18(28)10-27-12-25-17-9-8-16(22)19(23)20(17)27/h4-9,12-13H,10H2,1-3H3,(H,26,28)/t13-/m0/s1. The summed E-state index contributed by atoms with van der Waals surface area (Å²) < 4.78 is 28.8. The normalized spacial score (nSPS) is 12.6. The number of fused-ring (bicyclic) bond motifs is 1. The molecule has 7 heteroatoms. The number of nitriles is 1. The van der Waals surface area contributed by atoms with Crippen LogP contribution in [-0.2, 0) is 16.8 Å². The molecule has 0 aliphatic heterocycles. The van der Waals surface area contributed by atoms with Gasteiger partial charge in [0.2, 0.25) is 5.91 Å². The number of carbonyl (C=O) groups is 1. The van der Waals surface area contributed by atoms with Crippen molar-refractivity contribution in [3.05, 3.63) is 65.5 Å². The fraction of sp³-hybridized carbons (Fsp3) is 0.286. The molecule has 3 aromatic rings. The van der Waals surface area contributed by atoms with Gasteiger partial charge in [0.05, 0.1) is 29.4 Å². The molecule has 0 aliphatic carbocycles. The Kier molecular flexibility index (Phi) is 5.14. The molecule has 1 N–H and O–H groups in total. The van der Waals surface area contributed by atoms with Gasteiger partial charge in [0.15, 0.2) is 11.6 Å². The van der Waals surface area contributed by atoms with E-state index in [0.29, 0.717) is 0 Å². The van der Waals surface area contributed by atoms with E-state index in [4.69, 9.17) is 0 Å². The van der Waals surface area contributed by atoms with Crippen LogP contribution >= 0.6 is 0 Å². The summed E-state index contributed by atoms with van der Waals surface area (Å²) in [6, 6.07) is 11.8. The summed E-state index contributed by atoms with van der Waals surface area (Å²) in [6.07, 6.45) is 1.32. The molecule has 0 saturated heterocycles. The van der Waals surface area contributed by atoms with Crippen LogP contribution in [0.4, 0.5) is 8.78 Å². The number of amides is 1. The van der Waals surface area contributed by atoms with Crippen molar-refractivity contribution in [2.45, 2.75) is 38.8 Å². The number of aromatic nitrogens is 2. The second-order valence-electron chi connectivity index (χ2n) is 7.25. The predicted molar refractivity (Wildman–Crippen MR) is 101 cm³/mol. The summed E-state index contributed by atoms with van der Waals surface area (Å²) >= 11 is 0. The van der Waals surface area contributed by atoms with Crippen LogP contribution in [0.15, 0.2) is 42.7 Å². The lowest BCUT2D eigenvalue weighted by Gasteiger charge is -2.19. The summed E-state index contributed by atoms with van der Waals surface area (Å²) in [7, 11) is 0. The minimum Gasteiger partial charge on any atom is -0.348 e. The van der Waals surface area contributed by atoms with Crippen LogP contribution < -0.4 is 5.32 Å². The number of halogens is 2. The molecule has 1 heterocycles. The first-order chi connectivity index (χ1) is 13.2. The molecule has 5 nitrogen and oxygen atoms in total. The third kappa shape index (κ3) is 3.72. The Morgan fingerprint density at radius 2 is 1.93 bits per heavy atom. The Morgan fingerprint density at radius 3 is 2.57 bits per heavy atom. The number of imidazole rings is 1. The minimum atomic E-state index is -1.02. The minimum absolute atomic E-state index is 0.0362. The second kappa shape index (κ2) is 7.39. The smallest absolute Gasteiger partial charge is 0.240 e. The third-order valence-corrected chi connectivity index (χ3v) is 4.77. The van der Waals surface area contributed by atoms with Gasteiger partial charge in [0.1, 0.15) is 12.1 Å². The van der Waals surface area contributed by atoms with Crippen molar-refractivity contribution in [2.24, 2.45) is 0 Å². The van der Waals surface area contributed by atoms with Gasteiger partial charge in [-0.1, -0.05) is 24.3 Å². The van der Waals surface area contributed by atoms with Gasteiger partial charge < -0.3 is 9.88 Å². The first kappa shape index (κ1) is 19.5. The molecule has 1 atom stereocenters. The van der Waals surface area contributed by atoms with E-state index in [0.717, 1.165) is 17.2 Å².